The van der Waals surface area contributed by atoms with E-state index in [-0.39, 0.29) is 48.7 Å². The summed E-state index contributed by atoms with van der Waals surface area (Å²) >= 11 is 0. The molecular weight excluding hydrogens is 602 g/mol. The van der Waals surface area contributed by atoms with Gasteiger partial charge in [0, 0.05) is 37.2 Å². The molecule has 2 fully saturated rings. The number of esters is 2. The summed E-state index contributed by atoms with van der Waals surface area (Å²) in [4.78, 5) is 40.7. The Hall–Kier alpha value is -4.05. The third-order valence-corrected chi connectivity index (χ3v) is 8.11. The minimum absolute atomic E-state index is 0.00608. The van der Waals surface area contributed by atoms with Crippen molar-refractivity contribution in [3.05, 3.63) is 46.1 Å². The first-order valence-electron chi connectivity index (χ1n) is 15.3. The van der Waals surface area contributed by atoms with Crippen LogP contribution in [0.1, 0.15) is 76.5 Å². The Morgan fingerprint density at radius 1 is 1.22 bits per heavy atom. The Bertz CT molecular complexity index is 1420. The third-order valence-electron chi connectivity index (χ3n) is 8.11. The van der Waals surface area contributed by atoms with Gasteiger partial charge in [-0.1, -0.05) is 11.6 Å². The summed E-state index contributed by atoms with van der Waals surface area (Å²) < 4.78 is 28.1. The van der Waals surface area contributed by atoms with E-state index in [4.69, 9.17) is 34.5 Å². The number of amides is 1. The van der Waals surface area contributed by atoms with Crippen molar-refractivity contribution < 1.29 is 48.3 Å². The molecule has 15 nitrogen and oxygen atoms in total. The van der Waals surface area contributed by atoms with E-state index in [2.05, 4.69) is 15.0 Å². The van der Waals surface area contributed by atoms with E-state index >= 15 is 0 Å². The molecule has 0 radical (unpaired) electrons. The standard InChI is InChI=1S/C23H31NO7.C8H12N4O3/c1-15(5-7-19(25)30-13-10-24-8-11-29-12-9-24)4-6-17-21(26)20-18(14-31-23(20)27)16(2)22(17)28-3;9-7(14)8-10-4-12(11-8)6-2-1-5(3-13)15-6/h4,26H,5-14H2,1-3H3;4-6,13H,1-3H2,(H2,9,14). The summed E-state index contributed by atoms with van der Waals surface area (Å²) in [5, 5.41) is 23.4. The predicted octanol–water partition coefficient (Wildman–Crippen LogP) is 1.57. The molecule has 2 aromatic rings. The minimum Gasteiger partial charge on any atom is -0.507 e. The molecule has 0 aliphatic carbocycles. The zero-order chi connectivity index (χ0) is 33.2. The van der Waals surface area contributed by atoms with Crippen molar-refractivity contribution in [1.29, 1.82) is 0 Å². The molecule has 2 atom stereocenters. The molecular formula is C31H43N5O10. The van der Waals surface area contributed by atoms with Crippen molar-refractivity contribution in [3.63, 3.8) is 0 Å². The lowest BCUT2D eigenvalue weighted by Crippen LogP contribution is -2.38. The predicted molar refractivity (Wildman–Crippen MR) is 162 cm³/mol. The smallest absolute Gasteiger partial charge is 0.342 e. The Morgan fingerprint density at radius 2 is 1.98 bits per heavy atom. The van der Waals surface area contributed by atoms with Gasteiger partial charge in [-0.3, -0.25) is 14.5 Å². The maximum Gasteiger partial charge on any atom is 0.342 e. The fourth-order valence-corrected chi connectivity index (χ4v) is 5.43. The molecule has 0 bridgehead atoms. The molecule has 1 aromatic carbocycles. The molecule has 0 spiro atoms. The van der Waals surface area contributed by atoms with Crippen molar-refractivity contribution in [2.24, 2.45) is 5.73 Å². The normalized spacial score (nSPS) is 19.7. The SMILES string of the molecule is COc1c(C)c2c(c(O)c1CC=C(C)CCC(=O)OCCN1CCOCC1)C(=O)OC2.NC(=O)c1ncn(C2CCC(CO)O2)n1. The maximum atomic E-state index is 12.0. The molecule has 3 aliphatic rings. The molecule has 1 amide bonds. The average molecular weight is 646 g/mol. The number of carbonyl (C=O) groups is 3. The summed E-state index contributed by atoms with van der Waals surface area (Å²) in [5.74, 6) is -0.957. The van der Waals surface area contributed by atoms with Crippen molar-refractivity contribution in [1.82, 2.24) is 19.7 Å². The van der Waals surface area contributed by atoms with Gasteiger partial charge in [0.15, 0.2) is 6.23 Å². The second kappa shape index (κ2) is 16.5. The Labute approximate surface area is 267 Å². The zero-order valence-electron chi connectivity index (χ0n) is 26.5. The van der Waals surface area contributed by atoms with E-state index in [9.17, 15) is 19.5 Å². The monoisotopic (exact) mass is 645 g/mol. The second-order valence-electron chi connectivity index (χ2n) is 11.2. The fourth-order valence-electron chi connectivity index (χ4n) is 5.43. The van der Waals surface area contributed by atoms with Crippen LogP contribution in [0, 0.1) is 6.92 Å². The lowest BCUT2D eigenvalue weighted by molar-refractivity contribution is -0.144. The van der Waals surface area contributed by atoms with Gasteiger partial charge in [-0.25, -0.2) is 14.5 Å². The molecule has 4 heterocycles. The molecule has 15 heteroatoms. The van der Waals surface area contributed by atoms with Gasteiger partial charge in [0.1, 0.15) is 36.6 Å². The average Bonchev–Trinajstić information content (AvgIpc) is 3.82. The van der Waals surface area contributed by atoms with Crippen LogP contribution in [-0.4, -0.2) is 107 Å². The number of aromatic hydroxyl groups is 1. The summed E-state index contributed by atoms with van der Waals surface area (Å²) in [5.41, 5.74) is 8.25. The summed E-state index contributed by atoms with van der Waals surface area (Å²) in [6.45, 7) is 8.23. The van der Waals surface area contributed by atoms with Gasteiger partial charge in [-0.05, 0) is 45.1 Å². The molecule has 4 N–H and O–H groups in total. The van der Waals surface area contributed by atoms with Crippen LogP contribution in [0.4, 0.5) is 0 Å². The van der Waals surface area contributed by atoms with Gasteiger partial charge < -0.3 is 39.6 Å². The number of aromatic nitrogens is 3. The van der Waals surface area contributed by atoms with Gasteiger partial charge >= 0.3 is 11.9 Å². The summed E-state index contributed by atoms with van der Waals surface area (Å²) in [6.07, 6.45) is 5.68. The van der Waals surface area contributed by atoms with Crippen LogP contribution in [-0.2, 0) is 36.8 Å². The Balaban J connectivity index is 0.000000266. The number of morpholine rings is 1. The topological polar surface area (TPSA) is 198 Å². The number of aliphatic hydroxyl groups is 1. The minimum atomic E-state index is -0.662. The quantitative estimate of drug-likeness (QED) is 0.222. The van der Waals surface area contributed by atoms with Gasteiger partial charge in [-0.15, -0.1) is 5.10 Å². The van der Waals surface area contributed by atoms with Gasteiger partial charge in [-0.2, -0.15) is 0 Å². The number of methoxy groups -OCH3 is 1. The summed E-state index contributed by atoms with van der Waals surface area (Å²) in [7, 11) is 1.54. The van der Waals surface area contributed by atoms with Crippen LogP contribution in [0.15, 0.2) is 18.0 Å². The summed E-state index contributed by atoms with van der Waals surface area (Å²) in [6, 6.07) is 0. The number of hydrogen-bond acceptors (Lipinski definition) is 13. The second-order valence-corrected chi connectivity index (χ2v) is 11.2. The number of fused-ring (bicyclic) bond motifs is 1. The number of phenolic OH excluding ortho intramolecular Hbond substituents is 1. The number of rotatable bonds is 12. The van der Waals surface area contributed by atoms with Gasteiger partial charge in [0.25, 0.3) is 5.91 Å². The number of cyclic esters (lactones) is 1. The van der Waals surface area contributed by atoms with Crippen LogP contribution in [0.2, 0.25) is 0 Å². The number of allylic oxidation sites excluding steroid dienone is 2. The number of nitrogens with two attached hydrogens (primary N) is 1. The lowest BCUT2D eigenvalue weighted by atomic mass is 9.94. The van der Waals surface area contributed by atoms with Gasteiger partial charge in [0.05, 0.1) is 33.0 Å². The number of aliphatic hydroxyl groups excluding tert-OH is 1. The van der Waals surface area contributed by atoms with Crippen LogP contribution >= 0.6 is 0 Å². The molecule has 2 saturated heterocycles. The first-order chi connectivity index (χ1) is 22.1. The van der Waals surface area contributed by atoms with E-state index in [1.165, 1.54) is 11.0 Å². The number of primary amides is 1. The third kappa shape index (κ3) is 8.81. The number of benzene rings is 1. The highest BCUT2D eigenvalue weighted by molar-refractivity contribution is 5.98. The van der Waals surface area contributed by atoms with E-state index in [1.807, 2.05) is 19.9 Å². The maximum absolute atomic E-state index is 12.0. The molecule has 3 aliphatic heterocycles. The highest BCUT2D eigenvalue weighted by Gasteiger charge is 2.32. The zero-order valence-corrected chi connectivity index (χ0v) is 26.5. The number of phenols is 1. The van der Waals surface area contributed by atoms with E-state index in [0.717, 1.165) is 56.8 Å². The highest BCUT2D eigenvalue weighted by Crippen LogP contribution is 2.42. The van der Waals surface area contributed by atoms with E-state index < -0.39 is 11.9 Å². The lowest BCUT2D eigenvalue weighted by Gasteiger charge is -2.26. The van der Waals surface area contributed by atoms with Crippen LogP contribution in [0.3, 0.4) is 0 Å². The van der Waals surface area contributed by atoms with Gasteiger partial charge in [0.2, 0.25) is 5.82 Å². The number of hydrogen-bond donors (Lipinski definition) is 3. The van der Waals surface area contributed by atoms with Crippen LogP contribution in [0.25, 0.3) is 0 Å². The Kier molecular flexibility index (Phi) is 12.5. The van der Waals surface area contributed by atoms with Crippen LogP contribution in [0.5, 0.6) is 11.5 Å². The van der Waals surface area contributed by atoms with Crippen molar-refractivity contribution in [2.45, 2.75) is 64.9 Å². The van der Waals surface area contributed by atoms with Crippen molar-refractivity contribution >= 4 is 17.8 Å². The molecule has 0 saturated carbocycles. The highest BCUT2D eigenvalue weighted by atomic mass is 16.5. The van der Waals surface area contributed by atoms with E-state index in [1.54, 1.807) is 7.11 Å². The molecule has 252 valence electrons. The first-order valence-corrected chi connectivity index (χ1v) is 15.3. The van der Waals surface area contributed by atoms with E-state index in [0.29, 0.717) is 42.7 Å². The van der Waals surface area contributed by atoms with Crippen molar-refractivity contribution in [2.75, 3.05) is 53.2 Å². The molecule has 5 rings (SSSR count). The largest absolute Gasteiger partial charge is 0.507 e. The number of carbonyl (C=O) groups excluding carboxylic acids is 3. The Morgan fingerprint density at radius 3 is 2.63 bits per heavy atom. The van der Waals surface area contributed by atoms with Crippen molar-refractivity contribution in [3.8, 4) is 11.5 Å². The van der Waals surface area contributed by atoms with Crippen LogP contribution < -0.4 is 10.5 Å². The number of ether oxygens (including phenoxy) is 5. The molecule has 46 heavy (non-hydrogen) atoms. The molecule has 2 unspecified atom stereocenters. The number of nitrogens with zero attached hydrogens (tertiary/aromatic N) is 4. The molecule has 1 aromatic heterocycles. The fraction of sp³-hybridized carbons (Fsp3) is 0.581. The first kappa shape index (κ1) is 34.8.